The summed E-state index contributed by atoms with van der Waals surface area (Å²) in [6, 6.07) is 20.9. The summed E-state index contributed by atoms with van der Waals surface area (Å²) in [5.41, 5.74) is 8.28. The monoisotopic (exact) mass is 344 g/mol. The molecule has 2 aromatic rings. The Kier molecular flexibility index (Phi) is 3.94. The Morgan fingerprint density at radius 3 is 2.23 bits per heavy atom. The van der Waals surface area contributed by atoms with Crippen molar-refractivity contribution in [3.63, 3.8) is 0 Å². The molecule has 128 valence electrons. The molecular weight excluding hydrogens is 328 g/mol. The number of nitrogens with two attached hydrogens (primary N) is 1. The van der Waals surface area contributed by atoms with E-state index in [0.717, 1.165) is 11.1 Å². The van der Waals surface area contributed by atoms with E-state index < -0.39 is 18.0 Å². The number of allylic oxidation sites excluding steroid dienone is 1. The van der Waals surface area contributed by atoms with Crippen LogP contribution in [0.4, 0.5) is 0 Å². The molecule has 2 N–H and O–H groups in total. The second kappa shape index (κ2) is 6.41. The first-order valence-electron chi connectivity index (χ1n) is 8.30. The molecule has 0 fully saturated rings. The van der Waals surface area contributed by atoms with Crippen molar-refractivity contribution >= 4 is 5.97 Å². The Balaban J connectivity index is 1.79. The third kappa shape index (κ3) is 2.62. The van der Waals surface area contributed by atoms with Crippen molar-refractivity contribution in [2.75, 3.05) is 0 Å². The van der Waals surface area contributed by atoms with Crippen LogP contribution in [-0.2, 0) is 14.3 Å². The van der Waals surface area contributed by atoms with Gasteiger partial charge < -0.3 is 15.2 Å². The van der Waals surface area contributed by atoms with Crippen molar-refractivity contribution in [1.29, 1.82) is 5.26 Å². The number of carbonyl (C=O) groups is 1. The second-order valence-corrected chi connectivity index (χ2v) is 6.18. The SMILES string of the molecule is N#CC1=C(N)OC2=C(C(=O)O[C@H](c3ccccc3)C2)[C@H]1c1ccccc1. The zero-order valence-electron chi connectivity index (χ0n) is 13.9. The van der Waals surface area contributed by atoms with Crippen LogP contribution in [0.2, 0.25) is 0 Å². The van der Waals surface area contributed by atoms with Gasteiger partial charge in [0.05, 0.1) is 11.5 Å². The maximum absolute atomic E-state index is 12.8. The number of nitriles is 1. The number of carbonyl (C=O) groups excluding carboxylic acids is 1. The summed E-state index contributed by atoms with van der Waals surface area (Å²) in [5.74, 6) is -0.537. The van der Waals surface area contributed by atoms with Gasteiger partial charge in [0.2, 0.25) is 5.88 Å². The molecule has 0 radical (unpaired) electrons. The lowest BCUT2D eigenvalue weighted by molar-refractivity contribution is -0.147. The number of benzene rings is 2. The van der Waals surface area contributed by atoms with Crippen molar-refractivity contribution in [3.8, 4) is 6.07 Å². The number of esters is 1. The molecule has 2 heterocycles. The Morgan fingerprint density at radius 2 is 1.62 bits per heavy atom. The van der Waals surface area contributed by atoms with Gasteiger partial charge in [-0.05, 0) is 11.1 Å². The van der Waals surface area contributed by atoms with Gasteiger partial charge >= 0.3 is 5.97 Å². The molecule has 5 nitrogen and oxygen atoms in total. The molecule has 0 amide bonds. The van der Waals surface area contributed by atoms with E-state index in [1.807, 2.05) is 60.7 Å². The van der Waals surface area contributed by atoms with Crippen LogP contribution in [0.3, 0.4) is 0 Å². The molecule has 2 aromatic carbocycles. The van der Waals surface area contributed by atoms with Crippen LogP contribution in [0, 0.1) is 11.3 Å². The highest BCUT2D eigenvalue weighted by atomic mass is 16.6. The van der Waals surface area contributed by atoms with Crippen LogP contribution in [0.15, 0.2) is 83.5 Å². The van der Waals surface area contributed by atoms with Gasteiger partial charge in [-0.2, -0.15) is 5.26 Å². The first-order chi connectivity index (χ1) is 12.7. The summed E-state index contributed by atoms with van der Waals surface area (Å²) in [6.45, 7) is 0. The highest BCUT2D eigenvalue weighted by Gasteiger charge is 2.42. The zero-order chi connectivity index (χ0) is 18.1. The van der Waals surface area contributed by atoms with Gasteiger partial charge in [0, 0.05) is 6.42 Å². The zero-order valence-corrected chi connectivity index (χ0v) is 13.9. The summed E-state index contributed by atoms with van der Waals surface area (Å²) in [4.78, 5) is 12.8. The second-order valence-electron chi connectivity index (χ2n) is 6.18. The highest BCUT2D eigenvalue weighted by Crippen LogP contribution is 2.45. The Hall–Kier alpha value is -3.52. The van der Waals surface area contributed by atoms with E-state index in [1.54, 1.807) is 0 Å². The molecule has 0 saturated carbocycles. The molecule has 5 heteroatoms. The minimum absolute atomic E-state index is 0.0432. The van der Waals surface area contributed by atoms with E-state index in [2.05, 4.69) is 6.07 Å². The number of cyclic esters (lactones) is 1. The van der Waals surface area contributed by atoms with Gasteiger partial charge in [-0.25, -0.2) is 4.79 Å². The number of hydrogen-bond acceptors (Lipinski definition) is 5. The van der Waals surface area contributed by atoms with Gasteiger partial charge in [0.1, 0.15) is 23.5 Å². The van der Waals surface area contributed by atoms with Crippen LogP contribution < -0.4 is 5.73 Å². The smallest absolute Gasteiger partial charge is 0.339 e. The maximum Gasteiger partial charge on any atom is 0.339 e. The fourth-order valence-corrected chi connectivity index (χ4v) is 3.43. The molecule has 2 atom stereocenters. The molecule has 2 aliphatic rings. The quantitative estimate of drug-likeness (QED) is 0.844. The highest BCUT2D eigenvalue weighted by molar-refractivity contribution is 5.93. The summed E-state index contributed by atoms with van der Waals surface area (Å²) < 4.78 is 11.4. The van der Waals surface area contributed by atoms with Crippen molar-refractivity contribution in [1.82, 2.24) is 0 Å². The lowest BCUT2D eigenvalue weighted by Crippen LogP contribution is -2.31. The number of rotatable bonds is 2. The summed E-state index contributed by atoms with van der Waals surface area (Å²) in [6.07, 6.45) is -0.0521. The molecule has 26 heavy (non-hydrogen) atoms. The van der Waals surface area contributed by atoms with Crippen molar-refractivity contribution in [3.05, 3.63) is 94.6 Å². The van der Waals surface area contributed by atoms with E-state index in [9.17, 15) is 10.1 Å². The fourth-order valence-electron chi connectivity index (χ4n) is 3.43. The summed E-state index contributed by atoms with van der Waals surface area (Å²) in [5, 5.41) is 9.56. The van der Waals surface area contributed by atoms with E-state index in [0.29, 0.717) is 17.8 Å². The lowest BCUT2D eigenvalue weighted by atomic mass is 9.81. The van der Waals surface area contributed by atoms with Crippen LogP contribution >= 0.6 is 0 Å². The van der Waals surface area contributed by atoms with Crippen molar-refractivity contribution in [2.45, 2.75) is 18.4 Å². The van der Waals surface area contributed by atoms with E-state index in [-0.39, 0.29) is 11.5 Å². The molecule has 0 aromatic heterocycles. The number of hydrogen-bond donors (Lipinski definition) is 1. The normalized spacial score (nSPS) is 22.2. The third-order valence-corrected chi connectivity index (χ3v) is 4.64. The van der Waals surface area contributed by atoms with Gasteiger partial charge in [0.25, 0.3) is 0 Å². The van der Waals surface area contributed by atoms with Crippen LogP contribution in [0.25, 0.3) is 0 Å². The average Bonchev–Trinajstić information content (AvgIpc) is 2.68. The molecule has 2 aliphatic heterocycles. The minimum atomic E-state index is -0.575. The largest absolute Gasteiger partial charge is 0.454 e. The molecule has 0 unspecified atom stereocenters. The molecule has 0 spiro atoms. The maximum atomic E-state index is 12.8. The van der Waals surface area contributed by atoms with Crippen LogP contribution in [0.5, 0.6) is 0 Å². The predicted molar refractivity (Wildman–Crippen MR) is 94.0 cm³/mol. The van der Waals surface area contributed by atoms with Crippen molar-refractivity contribution < 1.29 is 14.3 Å². The van der Waals surface area contributed by atoms with E-state index in [4.69, 9.17) is 15.2 Å². The third-order valence-electron chi connectivity index (χ3n) is 4.64. The topological polar surface area (TPSA) is 85.3 Å². The average molecular weight is 344 g/mol. The van der Waals surface area contributed by atoms with Crippen LogP contribution in [0.1, 0.15) is 29.6 Å². The summed E-state index contributed by atoms with van der Waals surface area (Å²) >= 11 is 0. The van der Waals surface area contributed by atoms with E-state index >= 15 is 0 Å². The first-order valence-corrected chi connectivity index (χ1v) is 8.30. The molecule has 4 rings (SSSR count). The number of ether oxygens (including phenoxy) is 2. The number of nitrogens with zero attached hydrogens (tertiary/aromatic N) is 1. The van der Waals surface area contributed by atoms with Gasteiger partial charge in [-0.3, -0.25) is 0 Å². The van der Waals surface area contributed by atoms with Gasteiger partial charge in [-0.1, -0.05) is 60.7 Å². The van der Waals surface area contributed by atoms with Gasteiger partial charge in [-0.15, -0.1) is 0 Å². The van der Waals surface area contributed by atoms with E-state index in [1.165, 1.54) is 0 Å². The standard InChI is InChI=1S/C21H16N2O3/c22-12-15-18(14-9-5-2-6-10-14)19-17(25-20(15)23)11-16(26-21(19)24)13-7-3-1-4-8-13/h1-10,16,18H,11,23H2/t16-,18-/m0/s1. The first kappa shape index (κ1) is 16.0. The minimum Gasteiger partial charge on any atom is -0.454 e. The van der Waals surface area contributed by atoms with Gasteiger partial charge in [0.15, 0.2) is 0 Å². The summed E-state index contributed by atoms with van der Waals surface area (Å²) in [7, 11) is 0. The molecule has 0 saturated heterocycles. The van der Waals surface area contributed by atoms with Crippen molar-refractivity contribution in [2.24, 2.45) is 5.73 Å². The Morgan fingerprint density at radius 1 is 1.00 bits per heavy atom. The Labute approximate surface area is 151 Å². The lowest BCUT2D eigenvalue weighted by Gasteiger charge is -2.34. The Bertz CT molecular complexity index is 956. The molecule has 0 bridgehead atoms. The van der Waals surface area contributed by atoms with Crippen LogP contribution in [-0.4, -0.2) is 5.97 Å². The molecular formula is C21H16N2O3. The fraction of sp³-hybridized carbons (Fsp3) is 0.143. The predicted octanol–water partition coefficient (Wildman–Crippen LogP) is 3.44. The molecule has 0 aliphatic carbocycles.